The molecule has 2 N–H and O–H groups in total. The minimum absolute atomic E-state index is 0. The van der Waals surface area contributed by atoms with E-state index in [0.29, 0.717) is 45.5 Å². The molecule has 47 heavy (non-hydrogen) atoms. The van der Waals surface area contributed by atoms with Crippen LogP contribution in [0.25, 0.3) is 89.7 Å². The van der Waals surface area contributed by atoms with Crippen LogP contribution in [0.4, 0.5) is 0 Å². The number of carbonyl (C=O) groups is 2. The molecule has 5 heterocycles. The topological polar surface area (TPSA) is 189 Å². The molecule has 0 amide bonds. The van der Waals surface area contributed by atoms with Crippen molar-refractivity contribution in [2.24, 2.45) is 0 Å². The molecule has 0 unspecified atom stereocenters. The number of nitrogens with one attached hydrogen (secondary N) is 2. The Bertz CT molecular complexity index is 2680. The van der Waals surface area contributed by atoms with Gasteiger partial charge in [0.25, 0.3) is 0 Å². The Morgan fingerprint density at radius 3 is 1.32 bits per heavy atom. The van der Waals surface area contributed by atoms with Crippen molar-refractivity contribution in [3.8, 4) is 45.6 Å². The van der Waals surface area contributed by atoms with Crippen molar-refractivity contribution >= 4 is 56.1 Å². The zero-order valence-electron chi connectivity index (χ0n) is 23.7. The van der Waals surface area contributed by atoms with E-state index in [1.165, 1.54) is 6.07 Å². The summed E-state index contributed by atoms with van der Waals surface area (Å²) in [7, 11) is 0. The van der Waals surface area contributed by atoms with Gasteiger partial charge >= 0.3 is 17.1 Å². The van der Waals surface area contributed by atoms with Crippen molar-refractivity contribution in [1.82, 2.24) is 39.9 Å². The van der Waals surface area contributed by atoms with E-state index in [4.69, 9.17) is 29.9 Å². The summed E-state index contributed by atoms with van der Waals surface area (Å²) in [5.74, 6) is -2.05. The molecule has 2 aliphatic rings. The van der Waals surface area contributed by atoms with Gasteiger partial charge in [-0.2, -0.15) is 0 Å². The maximum atomic E-state index is 12.5. The first-order valence-electron chi connectivity index (χ1n) is 14.1. The average Bonchev–Trinajstić information content (AvgIpc) is 3.80. The van der Waals surface area contributed by atoms with E-state index in [2.05, 4.69) is 9.97 Å². The normalized spacial score (nSPS) is 11.6. The molecule has 9 rings (SSSR count). The molecule has 0 saturated carbocycles. The SMILES string of the molecule is O=C([O-])c1ccc2c3nc4nc(nc5[nH]c(nc6nc(nc([nH]3)c2c1C(=O)[O-])-c1ccccc1-6)c1ccccc51)-c1ccccc1-4.[Cu+2]. The molecular weight excluding hydrogens is 648 g/mol. The van der Waals surface area contributed by atoms with Gasteiger partial charge in [0.05, 0.1) is 11.9 Å². The summed E-state index contributed by atoms with van der Waals surface area (Å²) in [6.45, 7) is 0. The summed E-state index contributed by atoms with van der Waals surface area (Å²) in [6, 6.07) is 25.2. The zero-order chi connectivity index (χ0) is 31.1. The number of aromatic nitrogens is 8. The Hall–Kier alpha value is -6.30. The van der Waals surface area contributed by atoms with Crippen LogP contribution in [0.15, 0.2) is 84.9 Å². The summed E-state index contributed by atoms with van der Waals surface area (Å²) in [5, 5.41) is 26.4. The van der Waals surface area contributed by atoms with Crippen molar-refractivity contribution in [2.75, 3.05) is 0 Å². The van der Waals surface area contributed by atoms with Crippen LogP contribution in [-0.2, 0) is 17.1 Å². The summed E-state index contributed by atoms with van der Waals surface area (Å²) in [6.07, 6.45) is 0. The second-order valence-corrected chi connectivity index (χ2v) is 10.7. The molecule has 4 aromatic carbocycles. The van der Waals surface area contributed by atoms with Crippen molar-refractivity contribution in [3.63, 3.8) is 0 Å². The predicted molar refractivity (Wildman–Crippen MR) is 165 cm³/mol. The van der Waals surface area contributed by atoms with E-state index in [9.17, 15) is 19.8 Å². The van der Waals surface area contributed by atoms with Crippen LogP contribution in [0.2, 0.25) is 0 Å². The van der Waals surface area contributed by atoms with Gasteiger partial charge in [-0.15, -0.1) is 0 Å². The second kappa shape index (κ2) is 10.4. The Kier molecular flexibility index (Phi) is 6.22. The summed E-state index contributed by atoms with van der Waals surface area (Å²) < 4.78 is 0. The van der Waals surface area contributed by atoms with Crippen LogP contribution in [0.5, 0.6) is 0 Å². The third kappa shape index (κ3) is 4.21. The molecule has 2 aliphatic heterocycles. The van der Waals surface area contributed by atoms with E-state index in [-0.39, 0.29) is 45.0 Å². The first-order valence-corrected chi connectivity index (χ1v) is 14.1. The van der Waals surface area contributed by atoms with Gasteiger partial charge in [0.2, 0.25) is 0 Å². The molecule has 1 radical (unpaired) electrons. The van der Waals surface area contributed by atoms with Gasteiger partial charge in [0.15, 0.2) is 23.3 Å². The van der Waals surface area contributed by atoms with Gasteiger partial charge in [-0.1, -0.05) is 78.9 Å². The predicted octanol–water partition coefficient (Wildman–Crippen LogP) is 3.59. The maximum Gasteiger partial charge on any atom is 2.00 e. The monoisotopic (exact) mass is 663 g/mol. The first kappa shape index (κ1) is 28.2. The number of hydrogen-bond acceptors (Lipinski definition) is 10. The number of carbonyl (C=O) groups excluding carboxylic acids is 2. The number of carboxylic acids is 2. The molecule has 12 nitrogen and oxygen atoms in total. The Balaban J connectivity index is 0.00000324. The Morgan fingerprint density at radius 1 is 0.468 bits per heavy atom. The third-order valence-corrected chi connectivity index (χ3v) is 8.14. The van der Waals surface area contributed by atoms with E-state index < -0.39 is 23.1 Å². The molecule has 0 atom stereocenters. The van der Waals surface area contributed by atoms with E-state index >= 15 is 0 Å². The van der Waals surface area contributed by atoms with Crippen LogP contribution in [-0.4, -0.2) is 51.8 Å². The number of rotatable bonds is 2. The van der Waals surface area contributed by atoms with Crippen molar-refractivity contribution in [1.29, 1.82) is 0 Å². The largest absolute Gasteiger partial charge is 2.00 e. The molecule has 227 valence electrons. The fourth-order valence-corrected chi connectivity index (χ4v) is 6.11. The van der Waals surface area contributed by atoms with Gasteiger partial charge in [0.1, 0.15) is 22.6 Å². The summed E-state index contributed by atoms with van der Waals surface area (Å²) >= 11 is 0. The fraction of sp³-hybridized carbons (Fsp3) is 0. The molecule has 0 saturated heterocycles. The standard InChI is InChI=1S/C34H18N8O4.Cu/c43-33(44)22-14-13-21-23(24(22)34(45)46)32-41-30-20-12-6-5-11-19(20)28(39-30)37-26-16-8-2-1-7-15(16)25(35-26)36-27-17-9-3-4-10-18(17)29(38-27)40-31(21)42-32;/h1-14H,(H,43,44)(H,45,46)(H2,35,36,37,38,39,40,41,42);/q;+2/p-2. The molecule has 13 heteroatoms. The van der Waals surface area contributed by atoms with Crippen LogP contribution in [0.3, 0.4) is 0 Å². The van der Waals surface area contributed by atoms with Crippen molar-refractivity contribution < 1.29 is 36.9 Å². The molecular formula is C34H16CuN8O4. The summed E-state index contributed by atoms with van der Waals surface area (Å²) in [5.41, 5.74) is 2.96. The van der Waals surface area contributed by atoms with Gasteiger partial charge in [-0.3, -0.25) is 0 Å². The van der Waals surface area contributed by atoms with Gasteiger partial charge in [-0.25, -0.2) is 29.9 Å². The number of benzene rings is 4. The van der Waals surface area contributed by atoms with Crippen LogP contribution < -0.4 is 10.2 Å². The quantitative estimate of drug-likeness (QED) is 0.259. The molecule has 0 aliphatic carbocycles. The maximum absolute atomic E-state index is 12.5. The number of nitrogens with zero attached hydrogens (tertiary/aromatic N) is 6. The molecule has 8 bridgehead atoms. The molecule has 0 spiro atoms. The second-order valence-electron chi connectivity index (χ2n) is 10.7. The van der Waals surface area contributed by atoms with Crippen LogP contribution >= 0.6 is 0 Å². The Morgan fingerprint density at radius 2 is 0.872 bits per heavy atom. The number of aromatic carboxylic acids is 2. The summed E-state index contributed by atoms with van der Waals surface area (Å²) in [4.78, 5) is 59.8. The minimum atomic E-state index is -1.71. The average molecular weight is 664 g/mol. The zero-order valence-corrected chi connectivity index (χ0v) is 24.6. The number of hydrogen-bond donors (Lipinski definition) is 2. The van der Waals surface area contributed by atoms with Gasteiger partial charge < -0.3 is 29.8 Å². The number of H-pyrrole nitrogens is 2. The molecule has 7 aromatic rings. The molecule has 0 fully saturated rings. The van der Waals surface area contributed by atoms with E-state index in [1.54, 1.807) is 0 Å². The molecule has 3 aromatic heterocycles. The minimum Gasteiger partial charge on any atom is -0.545 e. The number of fused-ring (bicyclic) bond motifs is 20. The van der Waals surface area contributed by atoms with Crippen molar-refractivity contribution in [2.45, 2.75) is 0 Å². The Labute approximate surface area is 273 Å². The number of carboxylic acid groups (broad SMARTS) is 2. The first-order chi connectivity index (χ1) is 22.4. The smallest absolute Gasteiger partial charge is 0.545 e. The van der Waals surface area contributed by atoms with Gasteiger partial charge in [-0.05, 0) is 6.07 Å². The fourth-order valence-electron chi connectivity index (χ4n) is 6.11. The number of aromatic amines is 2. The van der Waals surface area contributed by atoms with Crippen LogP contribution in [0, 0.1) is 0 Å². The van der Waals surface area contributed by atoms with Gasteiger partial charge in [0, 0.05) is 54.9 Å². The van der Waals surface area contributed by atoms with Crippen LogP contribution in [0.1, 0.15) is 20.7 Å². The third-order valence-electron chi connectivity index (χ3n) is 8.14. The van der Waals surface area contributed by atoms with E-state index in [1.807, 2.05) is 72.8 Å². The van der Waals surface area contributed by atoms with Crippen molar-refractivity contribution in [3.05, 3.63) is 96.1 Å². The van der Waals surface area contributed by atoms with E-state index in [0.717, 1.165) is 22.4 Å².